The molecular formula is C13H22N2O. The molecule has 1 heterocycles. The molecule has 0 saturated carbocycles. The van der Waals surface area contributed by atoms with Crippen molar-refractivity contribution in [1.82, 2.24) is 4.57 Å². The second-order valence-corrected chi connectivity index (χ2v) is 4.53. The number of nitrogens with two attached hydrogens (primary N) is 1. The summed E-state index contributed by atoms with van der Waals surface area (Å²) in [6, 6.07) is 3.68. The molecule has 0 amide bonds. The number of nitrogen functional groups attached to an aromatic ring is 1. The van der Waals surface area contributed by atoms with Gasteiger partial charge in [0.15, 0.2) is 0 Å². The van der Waals surface area contributed by atoms with Crippen LogP contribution >= 0.6 is 0 Å². The predicted molar refractivity (Wildman–Crippen MR) is 68.7 cm³/mol. The number of hydrogen-bond donors (Lipinski definition) is 1. The summed E-state index contributed by atoms with van der Waals surface area (Å²) in [5, 5.41) is 0. The first kappa shape index (κ1) is 12.8. The van der Waals surface area contributed by atoms with Crippen molar-refractivity contribution >= 4 is 5.69 Å². The molecule has 0 fully saturated rings. The largest absolute Gasteiger partial charge is 0.394 e. The molecule has 0 aromatic carbocycles. The van der Waals surface area contributed by atoms with Crippen LogP contribution in [0.2, 0.25) is 0 Å². The Morgan fingerprint density at radius 2 is 2.00 bits per heavy atom. The summed E-state index contributed by atoms with van der Waals surface area (Å²) in [6.45, 7) is 7.14. The number of anilines is 1. The van der Waals surface area contributed by atoms with E-state index >= 15 is 0 Å². The van der Waals surface area contributed by atoms with E-state index in [1.807, 2.05) is 10.6 Å². The van der Waals surface area contributed by atoms with Crippen LogP contribution in [0, 0.1) is 0 Å². The monoisotopic (exact) mass is 222 g/mol. The fourth-order valence-corrected chi connectivity index (χ4v) is 1.86. The van der Waals surface area contributed by atoms with Gasteiger partial charge in [-0.05, 0) is 24.5 Å². The minimum Gasteiger partial charge on any atom is -0.394 e. The third-order valence-corrected chi connectivity index (χ3v) is 2.81. The summed E-state index contributed by atoms with van der Waals surface area (Å²) in [7, 11) is 0. The van der Waals surface area contributed by atoms with Gasteiger partial charge in [-0.25, -0.2) is 0 Å². The molecule has 0 unspecified atom stereocenters. The topological polar surface area (TPSA) is 48.0 Å². The zero-order valence-corrected chi connectivity index (χ0v) is 10.5. The number of unbranched alkanes of at least 4 members (excludes halogenated alkanes) is 2. The Morgan fingerprint density at radius 3 is 2.56 bits per heavy atom. The van der Waals surface area contributed by atoms with Crippen molar-refractivity contribution < 1.29 is 0 Å². The quantitative estimate of drug-likeness (QED) is 0.779. The van der Waals surface area contributed by atoms with E-state index in [4.69, 9.17) is 5.73 Å². The van der Waals surface area contributed by atoms with Gasteiger partial charge in [-0.3, -0.25) is 4.79 Å². The maximum Gasteiger partial charge on any atom is 0.273 e. The van der Waals surface area contributed by atoms with Gasteiger partial charge in [0, 0.05) is 12.2 Å². The average Bonchev–Trinajstić information content (AvgIpc) is 2.24. The van der Waals surface area contributed by atoms with Gasteiger partial charge < -0.3 is 10.3 Å². The Balaban J connectivity index is 3.01. The highest BCUT2D eigenvalue weighted by atomic mass is 16.1. The molecular weight excluding hydrogens is 200 g/mol. The molecule has 0 spiro atoms. The summed E-state index contributed by atoms with van der Waals surface area (Å²) in [4.78, 5) is 11.9. The molecule has 0 aliphatic heterocycles. The van der Waals surface area contributed by atoms with Crippen LogP contribution in [0.5, 0.6) is 0 Å². The maximum absolute atomic E-state index is 11.9. The van der Waals surface area contributed by atoms with Gasteiger partial charge in [0.25, 0.3) is 5.56 Å². The summed E-state index contributed by atoms with van der Waals surface area (Å²) in [6.07, 6.45) is 3.35. The van der Waals surface area contributed by atoms with Crippen LogP contribution in [0.4, 0.5) is 5.69 Å². The Morgan fingerprint density at radius 1 is 1.31 bits per heavy atom. The second-order valence-electron chi connectivity index (χ2n) is 4.53. The molecule has 3 nitrogen and oxygen atoms in total. The van der Waals surface area contributed by atoms with E-state index in [9.17, 15) is 4.79 Å². The Bertz CT molecular complexity index is 393. The highest BCUT2D eigenvalue weighted by Gasteiger charge is 2.09. The predicted octanol–water partition coefficient (Wildman–Crippen LogP) is 2.74. The van der Waals surface area contributed by atoms with E-state index in [1.165, 1.54) is 0 Å². The average molecular weight is 222 g/mol. The Hall–Kier alpha value is -1.25. The molecule has 1 aromatic rings. The van der Waals surface area contributed by atoms with Gasteiger partial charge in [0.05, 0.1) is 5.69 Å². The highest BCUT2D eigenvalue weighted by molar-refractivity contribution is 5.36. The maximum atomic E-state index is 11.9. The van der Waals surface area contributed by atoms with Crippen molar-refractivity contribution in [2.24, 2.45) is 0 Å². The molecule has 1 aromatic heterocycles. The molecule has 0 aliphatic rings. The van der Waals surface area contributed by atoms with Crippen molar-refractivity contribution in [3.05, 3.63) is 28.2 Å². The van der Waals surface area contributed by atoms with Crippen LogP contribution in [0.1, 0.15) is 51.6 Å². The molecule has 0 saturated heterocycles. The lowest BCUT2D eigenvalue weighted by molar-refractivity contribution is 0.554. The lowest BCUT2D eigenvalue weighted by Crippen LogP contribution is -2.26. The molecule has 90 valence electrons. The fraction of sp³-hybridized carbons (Fsp3) is 0.615. The van der Waals surface area contributed by atoms with E-state index in [1.54, 1.807) is 6.07 Å². The van der Waals surface area contributed by atoms with Crippen molar-refractivity contribution in [3.8, 4) is 0 Å². The first-order valence-electron chi connectivity index (χ1n) is 6.07. The van der Waals surface area contributed by atoms with E-state index in [-0.39, 0.29) is 5.56 Å². The number of rotatable bonds is 5. The standard InChI is InChI=1S/C13H22N2O/c1-4-5-6-9-15-12(10(2)3)8-7-11(14)13(15)16/h7-8,10H,4-6,9,14H2,1-3H3. The summed E-state index contributed by atoms with van der Waals surface area (Å²) < 4.78 is 1.83. The summed E-state index contributed by atoms with van der Waals surface area (Å²) in [5.74, 6) is 0.356. The van der Waals surface area contributed by atoms with Crippen LogP contribution in [-0.4, -0.2) is 4.57 Å². The highest BCUT2D eigenvalue weighted by Crippen LogP contribution is 2.14. The molecule has 1 rings (SSSR count). The molecule has 3 heteroatoms. The van der Waals surface area contributed by atoms with Crippen molar-refractivity contribution in [2.75, 3.05) is 5.73 Å². The smallest absolute Gasteiger partial charge is 0.273 e. The minimum atomic E-state index is -0.0395. The van der Waals surface area contributed by atoms with Crippen LogP contribution in [0.3, 0.4) is 0 Å². The van der Waals surface area contributed by atoms with Crippen LogP contribution in [-0.2, 0) is 6.54 Å². The van der Waals surface area contributed by atoms with E-state index < -0.39 is 0 Å². The van der Waals surface area contributed by atoms with Crippen molar-refractivity contribution in [1.29, 1.82) is 0 Å². The SMILES string of the molecule is CCCCCn1c(C(C)C)ccc(N)c1=O. The van der Waals surface area contributed by atoms with E-state index in [0.29, 0.717) is 11.6 Å². The molecule has 0 atom stereocenters. The molecule has 2 N–H and O–H groups in total. The van der Waals surface area contributed by atoms with Crippen LogP contribution in [0.25, 0.3) is 0 Å². The summed E-state index contributed by atoms with van der Waals surface area (Å²) in [5.41, 5.74) is 7.05. The third kappa shape index (κ3) is 2.87. The van der Waals surface area contributed by atoms with E-state index in [2.05, 4.69) is 20.8 Å². The van der Waals surface area contributed by atoms with Gasteiger partial charge in [0.1, 0.15) is 0 Å². The third-order valence-electron chi connectivity index (χ3n) is 2.81. The van der Waals surface area contributed by atoms with Gasteiger partial charge >= 0.3 is 0 Å². The van der Waals surface area contributed by atoms with Crippen molar-refractivity contribution in [3.63, 3.8) is 0 Å². The van der Waals surface area contributed by atoms with Gasteiger partial charge in [-0.2, -0.15) is 0 Å². The molecule has 0 aliphatic carbocycles. The Kier molecular flexibility index (Phi) is 4.59. The van der Waals surface area contributed by atoms with Gasteiger partial charge in [0.2, 0.25) is 0 Å². The van der Waals surface area contributed by atoms with Crippen LogP contribution in [0.15, 0.2) is 16.9 Å². The molecule has 16 heavy (non-hydrogen) atoms. The first-order chi connectivity index (χ1) is 7.57. The van der Waals surface area contributed by atoms with Crippen molar-refractivity contribution in [2.45, 2.75) is 52.5 Å². The van der Waals surface area contributed by atoms with Crippen LogP contribution < -0.4 is 11.3 Å². The molecule has 0 radical (unpaired) electrons. The number of nitrogens with zero attached hydrogens (tertiary/aromatic N) is 1. The fourth-order valence-electron chi connectivity index (χ4n) is 1.86. The summed E-state index contributed by atoms with van der Waals surface area (Å²) >= 11 is 0. The number of aromatic nitrogens is 1. The number of pyridine rings is 1. The zero-order chi connectivity index (χ0) is 12.1. The van der Waals surface area contributed by atoms with E-state index in [0.717, 1.165) is 31.5 Å². The van der Waals surface area contributed by atoms with Gasteiger partial charge in [-0.1, -0.05) is 33.6 Å². The number of hydrogen-bond acceptors (Lipinski definition) is 2. The normalized spacial score (nSPS) is 11.0. The second kappa shape index (κ2) is 5.73. The zero-order valence-electron chi connectivity index (χ0n) is 10.5. The molecule has 0 bridgehead atoms. The minimum absolute atomic E-state index is 0.0395. The Labute approximate surface area is 97.3 Å². The first-order valence-corrected chi connectivity index (χ1v) is 6.07. The lowest BCUT2D eigenvalue weighted by atomic mass is 10.1. The lowest BCUT2D eigenvalue weighted by Gasteiger charge is -2.16. The van der Waals surface area contributed by atoms with Gasteiger partial charge in [-0.15, -0.1) is 0 Å².